The van der Waals surface area contributed by atoms with Crippen molar-refractivity contribution in [2.45, 2.75) is 32.7 Å². The minimum Gasteiger partial charge on any atom is -0.465 e. The van der Waals surface area contributed by atoms with E-state index in [1.807, 2.05) is 13.1 Å². The molecule has 25 heavy (non-hydrogen) atoms. The Labute approximate surface area is 156 Å². The number of esters is 1. The minimum absolute atomic E-state index is 0.302. The molecule has 0 bridgehead atoms. The maximum atomic E-state index is 12.3. The molecule has 2 aromatic rings. The molecule has 0 saturated heterocycles. The molecule has 6 nitrogen and oxygen atoms in total. The fourth-order valence-corrected chi connectivity index (χ4v) is 4.69. The predicted molar refractivity (Wildman–Crippen MR) is 103 cm³/mol. The van der Waals surface area contributed by atoms with Gasteiger partial charge >= 0.3 is 5.97 Å². The zero-order chi connectivity index (χ0) is 18.0. The molecule has 0 spiro atoms. The minimum atomic E-state index is -0.302. The number of methoxy groups -OCH3 is 1. The van der Waals surface area contributed by atoms with Crippen molar-refractivity contribution in [1.29, 1.82) is 0 Å². The Kier molecular flexibility index (Phi) is 5.39. The lowest BCUT2D eigenvalue weighted by Gasteiger charge is -2.18. The molecule has 1 atom stereocenters. The number of thiophene rings is 1. The van der Waals surface area contributed by atoms with Crippen LogP contribution in [0.3, 0.4) is 0 Å². The van der Waals surface area contributed by atoms with Crippen LogP contribution in [-0.2, 0) is 31.2 Å². The van der Waals surface area contributed by atoms with Gasteiger partial charge in [0.15, 0.2) is 5.11 Å². The summed E-state index contributed by atoms with van der Waals surface area (Å²) < 4.78 is 6.79. The van der Waals surface area contributed by atoms with E-state index in [9.17, 15) is 4.79 Å². The van der Waals surface area contributed by atoms with E-state index >= 15 is 0 Å². The first-order chi connectivity index (χ1) is 12.0. The quantitative estimate of drug-likeness (QED) is 0.630. The molecule has 0 aromatic carbocycles. The maximum absolute atomic E-state index is 12.3. The summed E-state index contributed by atoms with van der Waals surface area (Å²) in [6, 6.07) is 1.93. The van der Waals surface area contributed by atoms with Gasteiger partial charge in [0.05, 0.1) is 24.9 Å². The van der Waals surface area contributed by atoms with Crippen LogP contribution in [0.2, 0.25) is 0 Å². The molecule has 8 heteroatoms. The summed E-state index contributed by atoms with van der Waals surface area (Å²) in [5.41, 5.74) is 2.78. The Balaban J connectivity index is 1.76. The third kappa shape index (κ3) is 3.85. The summed E-state index contributed by atoms with van der Waals surface area (Å²) in [5, 5.41) is 11.7. The summed E-state index contributed by atoms with van der Waals surface area (Å²) in [6.45, 7) is 2.81. The van der Waals surface area contributed by atoms with Gasteiger partial charge in [0, 0.05) is 18.1 Å². The largest absolute Gasteiger partial charge is 0.465 e. The van der Waals surface area contributed by atoms with Crippen molar-refractivity contribution in [3.05, 3.63) is 34.0 Å². The molecule has 2 heterocycles. The summed E-state index contributed by atoms with van der Waals surface area (Å²) in [7, 11) is 3.30. The highest BCUT2D eigenvalue weighted by molar-refractivity contribution is 7.80. The second-order valence-electron chi connectivity index (χ2n) is 6.30. The van der Waals surface area contributed by atoms with Gasteiger partial charge in [-0.25, -0.2) is 4.79 Å². The highest BCUT2D eigenvalue weighted by Crippen LogP contribution is 2.39. The monoisotopic (exact) mass is 378 g/mol. The summed E-state index contributed by atoms with van der Waals surface area (Å²) >= 11 is 7.01. The Hall–Kier alpha value is -1.93. The number of hydrogen-bond acceptors (Lipinski definition) is 5. The number of ether oxygens (including phenoxy) is 1. The van der Waals surface area contributed by atoms with Gasteiger partial charge in [0.25, 0.3) is 0 Å². The van der Waals surface area contributed by atoms with Gasteiger partial charge < -0.3 is 15.4 Å². The number of carbonyl (C=O) groups excluding carboxylic acids is 1. The van der Waals surface area contributed by atoms with Crippen LogP contribution in [-0.4, -0.2) is 28.0 Å². The average Bonchev–Trinajstić information content (AvgIpc) is 3.14. The number of hydrogen-bond donors (Lipinski definition) is 2. The molecular formula is C17H22N4O2S2. The lowest BCUT2D eigenvalue weighted by molar-refractivity contribution is 0.0601. The summed E-state index contributed by atoms with van der Waals surface area (Å²) in [6.07, 6.45) is 4.75. The fourth-order valence-electron chi connectivity index (χ4n) is 3.05. The molecule has 134 valence electrons. The molecule has 1 aliphatic carbocycles. The van der Waals surface area contributed by atoms with Crippen LogP contribution in [0, 0.1) is 5.92 Å². The van der Waals surface area contributed by atoms with E-state index in [1.165, 1.54) is 12.0 Å². The van der Waals surface area contributed by atoms with Crippen LogP contribution in [0.25, 0.3) is 0 Å². The van der Waals surface area contributed by atoms with E-state index in [4.69, 9.17) is 17.0 Å². The van der Waals surface area contributed by atoms with Gasteiger partial charge in [-0.3, -0.25) is 4.68 Å². The number of aryl methyl sites for hydroxylation is 1. The number of carbonyl (C=O) groups is 1. The number of thiocarbonyl (C=S) groups is 1. The first-order valence-corrected chi connectivity index (χ1v) is 9.46. The van der Waals surface area contributed by atoms with Crippen LogP contribution < -0.4 is 10.6 Å². The number of fused-ring (bicyclic) bond motifs is 1. The van der Waals surface area contributed by atoms with Gasteiger partial charge in [-0.05, 0) is 49.0 Å². The molecular weight excluding hydrogens is 356 g/mol. The van der Waals surface area contributed by atoms with Crippen molar-refractivity contribution in [2.75, 3.05) is 12.4 Å². The molecule has 0 amide bonds. The van der Waals surface area contributed by atoms with Gasteiger partial charge in [0.1, 0.15) is 5.00 Å². The zero-order valence-corrected chi connectivity index (χ0v) is 16.2. The van der Waals surface area contributed by atoms with E-state index in [-0.39, 0.29) is 5.97 Å². The Morgan fingerprint density at radius 1 is 1.56 bits per heavy atom. The molecule has 1 unspecified atom stereocenters. The van der Waals surface area contributed by atoms with E-state index in [2.05, 4.69) is 22.7 Å². The highest BCUT2D eigenvalue weighted by Gasteiger charge is 2.28. The smallest absolute Gasteiger partial charge is 0.341 e. The zero-order valence-electron chi connectivity index (χ0n) is 14.6. The molecule has 1 aliphatic rings. The van der Waals surface area contributed by atoms with Crippen LogP contribution in [0.15, 0.2) is 12.3 Å². The number of nitrogens with one attached hydrogen (secondary N) is 2. The SMILES string of the molecule is COC(=O)c1c(NC(=S)NCc2ccnn2C)sc2c1CCC(C)C2. The third-order valence-electron chi connectivity index (χ3n) is 4.48. The second kappa shape index (κ2) is 7.53. The predicted octanol–water partition coefficient (Wildman–Crippen LogP) is 2.88. The van der Waals surface area contributed by atoms with Crippen molar-refractivity contribution in [3.63, 3.8) is 0 Å². The van der Waals surface area contributed by atoms with Crippen LogP contribution >= 0.6 is 23.6 Å². The van der Waals surface area contributed by atoms with E-state index in [1.54, 1.807) is 22.2 Å². The summed E-state index contributed by atoms with van der Waals surface area (Å²) in [5.74, 6) is 0.336. The Morgan fingerprint density at radius 3 is 3.04 bits per heavy atom. The normalized spacial score (nSPS) is 16.2. The van der Waals surface area contributed by atoms with Crippen molar-refractivity contribution in [3.8, 4) is 0 Å². The lowest BCUT2D eigenvalue weighted by atomic mass is 9.88. The molecule has 2 aromatic heterocycles. The van der Waals surface area contributed by atoms with Gasteiger partial charge in [0.2, 0.25) is 0 Å². The molecule has 0 saturated carbocycles. The molecule has 2 N–H and O–H groups in total. The first kappa shape index (κ1) is 17.9. The van der Waals surface area contributed by atoms with E-state index in [0.717, 1.165) is 35.5 Å². The van der Waals surface area contributed by atoms with Crippen LogP contribution in [0.5, 0.6) is 0 Å². The maximum Gasteiger partial charge on any atom is 0.341 e. The number of nitrogens with zero attached hydrogens (tertiary/aromatic N) is 2. The standard InChI is InChI=1S/C17H22N4O2S2/c1-10-4-5-12-13(8-10)25-15(14(12)16(22)23-3)20-17(24)18-9-11-6-7-19-21(11)2/h6-7,10H,4-5,8-9H2,1-3H3,(H2,18,20,24). The van der Waals surface area contributed by atoms with Crippen molar-refractivity contribution >= 4 is 39.6 Å². The Bertz CT molecular complexity index is 797. The first-order valence-electron chi connectivity index (χ1n) is 8.24. The molecule has 0 fully saturated rings. The van der Waals surface area contributed by atoms with Gasteiger partial charge in [-0.2, -0.15) is 5.10 Å². The lowest BCUT2D eigenvalue weighted by Crippen LogP contribution is -2.29. The van der Waals surface area contributed by atoms with Gasteiger partial charge in [-0.15, -0.1) is 11.3 Å². The third-order valence-corrected chi connectivity index (χ3v) is 5.90. The van der Waals surface area contributed by atoms with Crippen LogP contribution in [0.1, 0.15) is 39.8 Å². The van der Waals surface area contributed by atoms with Gasteiger partial charge in [-0.1, -0.05) is 6.92 Å². The molecule has 0 aliphatic heterocycles. The number of aromatic nitrogens is 2. The molecule has 3 rings (SSSR count). The topological polar surface area (TPSA) is 68.2 Å². The van der Waals surface area contributed by atoms with Crippen molar-refractivity contribution in [1.82, 2.24) is 15.1 Å². The van der Waals surface area contributed by atoms with E-state index in [0.29, 0.717) is 23.1 Å². The second-order valence-corrected chi connectivity index (χ2v) is 7.81. The van der Waals surface area contributed by atoms with Crippen LogP contribution in [0.4, 0.5) is 5.00 Å². The fraction of sp³-hybridized carbons (Fsp3) is 0.471. The van der Waals surface area contributed by atoms with Crippen molar-refractivity contribution < 1.29 is 9.53 Å². The highest BCUT2D eigenvalue weighted by atomic mass is 32.1. The number of anilines is 1. The van der Waals surface area contributed by atoms with Crippen molar-refractivity contribution in [2.24, 2.45) is 13.0 Å². The number of rotatable bonds is 4. The molecule has 0 radical (unpaired) electrons. The average molecular weight is 379 g/mol. The Morgan fingerprint density at radius 2 is 2.36 bits per heavy atom. The summed E-state index contributed by atoms with van der Waals surface area (Å²) in [4.78, 5) is 13.5. The van der Waals surface area contributed by atoms with E-state index < -0.39 is 0 Å².